The van der Waals surface area contributed by atoms with Crippen LogP contribution < -0.4 is 11.1 Å². The Kier molecular flexibility index (Phi) is 4.57. The fraction of sp³-hybridized carbons (Fsp3) is 0.500. The van der Waals surface area contributed by atoms with Crippen LogP contribution in [0, 0.1) is 17.8 Å². The van der Waals surface area contributed by atoms with Crippen LogP contribution in [0.3, 0.4) is 0 Å². The van der Waals surface area contributed by atoms with Gasteiger partial charge in [-0.3, -0.25) is 4.79 Å². The second kappa shape index (κ2) is 7.00. The van der Waals surface area contributed by atoms with E-state index in [1.807, 2.05) is 47.4 Å². The van der Waals surface area contributed by atoms with Crippen molar-refractivity contribution in [2.24, 2.45) is 23.5 Å². The molecule has 0 aliphatic heterocycles. The molecule has 5 nitrogen and oxygen atoms in total. The van der Waals surface area contributed by atoms with Crippen LogP contribution in [0.25, 0.3) is 5.69 Å². The van der Waals surface area contributed by atoms with Crippen LogP contribution in [0.15, 0.2) is 42.7 Å². The van der Waals surface area contributed by atoms with Crippen molar-refractivity contribution in [2.45, 2.75) is 44.7 Å². The number of fused-ring (bicyclic) bond motifs is 2. The average Bonchev–Trinajstić information content (AvgIpc) is 3.09. The van der Waals surface area contributed by atoms with E-state index in [1.165, 1.54) is 19.3 Å². The summed E-state index contributed by atoms with van der Waals surface area (Å²) in [6.45, 7) is 0.531. The molecule has 2 atom stereocenters. The molecule has 3 N–H and O–H groups in total. The summed E-state index contributed by atoms with van der Waals surface area (Å²) < 4.78 is 1.84. The van der Waals surface area contributed by atoms with Crippen LogP contribution in [0.2, 0.25) is 0 Å². The number of hydrogen-bond acceptors (Lipinski definition) is 3. The highest BCUT2D eigenvalue weighted by Gasteiger charge is 2.40. The number of rotatable bonds is 4. The fourth-order valence-electron chi connectivity index (χ4n) is 4.51. The van der Waals surface area contributed by atoms with Crippen molar-refractivity contribution < 1.29 is 4.79 Å². The van der Waals surface area contributed by atoms with Gasteiger partial charge in [0, 0.05) is 30.3 Å². The molecule has 4 rings (SSSR count). The van der Waals surface area contributed by atoms with Crippen LogP contribution >= 0.6 is 0 Å². The van der Waals surface area contributed by atoms with Gasteiger partial charge in [-0.1, -0.05) is 24.6 Å². The van der Waals surface area contributed by atoms with E-state index in [1.54, 1.807) is 0 Å². The Balaban J connectivity index is 1.34. The molecule has 2 aromatic rings. The number of amides is 1. The molecule has 0 saturated heterocycles. The van der Waals surface area contributed by atoms with Gasteiger partial charge in [0.25, 0.3) is 0 Å². The molecule has 132 valence electrons. The van der Waals surface area contributed by atoms with Gasteiger partial charge < -0.3 is 11.1 Å². The number of nitrogens with two attached hydrogens (primary N) is 1. The molecule has 0 spiro atoms. The van der Waals surface area contributed by atoms with Gasteiger partial charge in [0.2, 0.25) is 5.91 Å². The third-order valence-corrected chi connectivity index (χ3v) is 5.91. The van der Waals surface area contributed by atoms with Crippen LogP contribution in [-0.4, -0.2) is 21.7 Å². The standard InChI is InChI=1S/C20H26N4O/c21-19-15-5-4-6-16(19)10-17(9-15)20(25)22-11-14-12-23-24(13-14)18-7-2-1-3-8-18/h1-3,7-8,12-13,15-17,19H,4-6,9-11,21H2,(H,22,25). The molecule has 2 unspecified atom stereocenters. The molecule has 25 heavy (non-hydrogen) atoms. The molecular weight excluding hydrogens is 312 g/mol. The van der Waals surface area contributed by atoms with Gasteiger partial charge in [-0.15, -0.1) is 0 Å². The first-order valence-corrected chi connectivity index (χ1v) is 9.33. The van der Waals surface area contributed by atoms with Crippen LogP contribution in [0.1, 0.15) is 37.7 Å². The Morgan fingerprint density at radius 2 is 1.92 bits per heavy atom. The highest BCUT2D eigenvalue weighted by molar-refractivity contribution is 5.78. The van der Waals surface area contributed by atoms with Crippen molar-refractivity contribution in [2.75, 3.05) is 0 Å². The number of carbonyl (C=O) groups is 1. The summed E-state index contributed by atoms with van der Waals surface area (Å²) in [7, 11) is 0. The zero-order valence-corrected chi connectivity index (χ0v) is 14.5. The summed E-state index contributed by atoms with van der Waals surface area (Å²) in [5.74, 6) is 1.36. The monoisotopic (exact) mass is 338 g/mol. The lowest BCUT2D eigenvalue weighted by Gasteiger charge is -2.43. The first-order chi connectivity index (χ1) is 12.2. The zero-order valence-electron chi connectivity index (χ0n) is 14.5. The Morgan fingerprint density at radius 1 is 1.20 bits per heavy atom. The topological polar surface area (TPSA) is 72.9 Å². The lowest BCUT2D eigenvalue weighted by Crippen LogP contribution is -2.49. The van der Waals surface area contributed by atoms with Crippen LogP contribution in [0.4, 0.5) is 0 Å². The highest BCUT2D eigenvalue weighted by atomic mass is 16.1. The predicted molar refractivity (Wildman–Crippen MR) is 96.9 cm³/mol. The Bertz CT molecular complexity index is 712. The third-order valence-electron chi connectivity index (χ3n) is 5.91. The number of benzene rings is 1. The molecule has 1 aromatic heterocycles. The largest absolute Gasteiger partial charge is 0.352 e. The maximum Gasteiger partial charge on any atom is 0.223 e. The smallest absolute Gasteiger partial charge is 0.223 e. The van der Waals surface area contributed by atoms with Crippen molar-refractivity contribution in [3.05, 3.63) is 48.3 Å². The zero-order chi connectivity index (χ0) is 17.2. The molecule has 0 radical (unpaired) electrons. The van der Waals surface area contributed by atoms with Crippen molar-refractivity contribution in [3.8, 4) is 5.69 Å². The third kappa shape index (κ3) is 3.47. The molecule has 2 saturated carbocycles. The second-order valence-corrected chi connectivity index (χ2v) is 7.54. The van der Waals surface area contributed by atoms with Crippen LogP contribution in [-0.2, 0) is 11.3 Å². The van der Waals surface area contributed by atoms with E-state index in [0.717, 1.165) is 24.1 Å². The van der Waals surface area contributed by atoms with E-state index in [9.17, 15) is 4.79 Å². The fourth-order valence-corrected chi connectivity index (χ4v) is 4.51. The quantitative estimate of drug-likeness (QED) is 0.900. The first kappa shape index (κ1) is 16.3. The number of carbonyl (C=O) groups excluding carboxylic acids is 1. The number of nitrogens with one attached hydrogen (secondary N) is 1. The van der Waals surface area contributed by atoms with Gasteiger partial charge >= 0.3 is 0 Å². The molecule has 2 aliphatic rings. The lowest BCUT2D eigenvalue weighted by atomic mass is 9.65. The minimum Gasteiger partial charge on any atom is -0.352 e. The number of hydrogen-bond donors (Lipinski definition) is 2. The molecule has 5 heteroatoms. The maximum absolute atomic E-state index is 12.6. The van der Waals surface area contributed by atoms with Crippen molar-refractivity contribution in [1.29, 1.82) is 0 Å². The second-order valence-electron chi connectivity index (χ2n) is 7.54. The van der Waals surface area contributed by atoms with Crippen LogP contribution in [0.5, 0.6) is 0 Å². The van der Waals surface area contributed by atoms with E-state index in [2.05, 4.69) is 10.4 Å². The number of aromatic nitrogens is 2. The molecule has 2 bridgehead atoms. The van der Waals surface area contributed by atoms with Gasteiger partial charge in [-0.2, -0.15) is 5.10 Å². The summed E-state index contributed by atoms with van der Waals surface area (Å²) in [5, 5.41) is 7.49. The van der Waals surface area contributed by atoms with Crippen molar-refractivity contribution >= 4 is 5.91 Å². The van der Waals surface area contributed by atoms with Crippen molar-refractivity contribution in [1.82, 2.24) is 15.1 Å². The predicted octanol–water partition coefficient (Wildman–Crippen LogP) is 2.64. The van der Waals surface area contributed by atoms with Gasteiger partial charge in [0.1, 0.15) is 0 Å². The Hall–Kier alpha value is -2.14. The normalized spacial score (nSPS) is 28.5. The molecule has 2 aliphatic carbocycles. The minimum absolute atomic E-state index is 0.124. The summed E-state index contributed by atoms with van der Waals surface area (Å²) in [6.07, 6.45) is 9.34. The lowest BCUT2D eigenvalue weighted by molar-refractivity contribution is -0.128. The van der Waals surface area contributed by atoms with Gasteiger partial charge in [-0.25, -0.2) is 4.68 Å². The number of nitrogens with zero attached hydrogens (tertiary/aromatic N) is 2. The summed E-state index contributed by atoms with van der Waals surface area (Å²) in [5.41, 5.74) is 8.37. The summed E-state index contributed by atoms with van der Waals surface area (Å²) in [6, 6.07) is 10.3. The Labute approximate surface area is 148 Å². The van der Waals surface area contributed by atoms with E-state index in [4.69, 9.17) is 5.73 Å². The van der Waals surface area contributed by atoms with E-state index in [0.29, 0.717) is 24.4 Å². The van der Waals surface area contributed by atoms with Gasteiger partial charge in [0.15, 0.2) is 0 Å². The molecule has 1 amide bonds. The van der Waals surface area contributed by atoms with Gasteiger partial charge in [-0.05, 0) is 49.7 Å². The Morgan fingerprint density at radius 3 is 2.64 bits per heavy atom. The summed E-state index contributed by atoms with van der Waals surface area (Å²) >= 11 is 0. The summed E-state index contributed by atoms with van der Waals surface area (Å²) in [4.78, 5) is 12.6. The van der Waals surface area contributed by atoms with Gasteiger partial charge in [0.05, 0.1) is 11.9 Å². The van der Waals surface area contributed by atoms with E-state index < -0.39 is 0 Å². The molecular formula is C20H26N4O. The van der Waals surface area contributed by atoms with E-state index >= 15 is 0 Å². The van der Waals surface area contributed by atoms with Crippen molar-refractivity contribution in [3.63, 3.8) is 0 Å². The molecule has 1 heterocycles. The van der Waals surface area contributed by atoms with E-state index in [-0.39, 0.29) is 11.8 Å². The maximum atomic E-state index is 12.6. The number of para-hydroxylation sites is 1. The molecule has 1 aromatic carbocycles. The average molecular weight is 338 g/mol. The highest BCUT2D eigenvalue weighted by Crippen LogP contribution is 2.41. The first-order valence-electron chi connectivity index (χ1n) is 9.33. The SMILES string of the molecule is NC1C2CCCC1CC(C(=O)NCc1cnn(-c3ccccc3)c1)C2. The minimum atomic E-state index is 0.124. The molecule has 2 fully saturated rings.